The summed E-state index contributed by atoms with van der Waals surface area (Å²) in [4.78, 5) is 15.2. The molecule has 1 aromatic heterocycles. The standard InChI is InChI=1S/C12H9ClN2O3S/c1-18-8-3-2-4-9(7-8)19-12-10(15(16)17)5-6-11(13)14-12/h2-7H,1H3. The fraction of sp³-hybridized carbons (Fsp3) is 0.0833. The third-order valence-corrected chi connectivity index (χ3v) is 3.45. The van der Waals surface area contributed by atoms with Gasteiger partial charge in [-0.3, -0.25) is 10.1 Å². The van der Waals surface area contributed by atoms with Gasteiger partial charge in [0.25, 0.3) is 0 Å². The van der Waals surface area contributed by atoms with Gasteiger partial charge >= 0.3 is 5.69 Å². The van der Waals surface area contributed by atoms with Crippen LogP contribution in [0.3, 0.4) is 0 Å². The molecule has 0 atom stereocenters. The van der Waals surface area contributed by atoms with Crippen LogP contribution in [0.15, 0.2) is 46.3 Å². The minimum Gasteiger partial charge on any atom is -0.497 e. The highest BCUT2D eigenvalue weighted by Gasteiger charge is 2.17. The Morgan fingerprint density at radius 3 is 2.84 bits per heavy atom. The number of pyridine rings is 1. The number of benzene rings is 1. The van der Waals surface area contributed by atoms with Crippen LogP contribution in [-0.2, 0) is 0 Å². The van der Waals surface area contributed by atoms with Crippen molar-refractivity contribution in [2.75, 3.05) is 7.11 Å². The molecule has 2 aromatic rings. The maximum absolute atomic E-state index is 10.9. The number of ether oxygens (including phenoxy) is 1. The number of rotatable bonds is 4. The second kappa shape index (κ2) is 5.90. The smallest absolute Gasteiger partial charge is 0.301 e. The molecule has 1 aromatic carbocycles. The second-order valence-corrected chi connectivity index (χ2v) is 4.95. The number of hydrogen-bond acceptors (Lipinski definition) is 5. The third kappa shape index (κ3) is 3.36. The van der Waals surface area contributed by atoms with Crippen LogP contribution in [-0.4, -0.2) is 17.0 Å². The predicted molar refractivity (Wildman–Crippen MR) is 73.0 cm³/mol. The number of nitrogens with zero attached hydrogens (tertiary/aromatic N) is 2. The van der Waals surface area contributed by atoms with Crippen molar-refractivity contribution in [1.82, 2.24) is 4.98 Å². The summed E-state index contributed by atoms with van der Waals surface area (Å²) in [5, 5.41) is 11.4. The average Bonchev–Trinajstić information content (AvgIpc) is 2.38. The van der Waals surface area contributed by atoms with Crippen LogP contribution >= 0.6 is 23.4 Å². The Hall–Kier alpha value is -1.79. The van der Waals surface area contributed by atoms with Gasteiger partial charge in [-0.2, -0.15) is 0 Å². The molecule has 0 aliphatic rings. The molecule has 98 valence electrons. The number of methoxy groups -OCH3 is 1. The number of hydrogen-bond donors (Lipinski definition) is 0. The fourth-order valence-electron chi connectivity index (χ4n) is 1.40. The first-order valence-electron chi connectivity index (χ1n) is 5.23. The third-order valence-electron chi connectivity index (χ3n) is 2.26. The SMILES string of the molecule is COc1cccc(Sc2nc(Cl)ccc2[N+](=O)[O-])c1. The van der Waals surface area contributed by atoms with Gasteiger partial charge in [-0.15, -0.1) is 0 Å². The van der Waals surface area contributed by atoms with Gasteiger partial charge in [-0.1, -0.05) is 29.4 Å². The highest BCUT2D eigenvalue weighted by Crippen LogP contribution is 2.35. The van der Waals surface area contributed by atoms with Gasteiger partial charge in [0.2, 0.25) is 0 Å². The molecular formula is C12H9ClN2O3S. The van der Waals surface area contributed by atoms with Crippen molar-refractivity contribution in [2.45, 2.75) is 9.92 Å². The lowest BCUT2D eigenvalue weighted by Gasteiger charge is -2.04. The van der Waals surface area contributed by atoms with E-state index in [0.29, 0.717) is 5.75 Å². The molecule has 7 heteroatoms. The molecule has 0 fully saturated rings. The maximum atomic E-state index is 10.9. The molecule has 0 amide bonds. The lowest BCUT2D eigenvalue weighted by molar-refractivity contribution is -0.388. The summed E-state index contributed by atoms with van der Waals surface area (Å²) < 4.78 is 5.10. The van der Waals surface area contributed by atoms with Gasteiger partial charge in [0, 0.05) is 11.0 Å². The van der Waals surface area contributed by atoms with E-state index in [0.717, 1.165) is 4.90 Å². The van der Waals surface area contributed by atoms with E-state index in [1.807, 2.05) is 6.07 Å². The minimum atomic E-state index is -0.480. The van der Waals surface area contributed by atoms with Gasteiger partial charge in [-0.05, 0) is 24.3 Å². The van der Waals surface area contributed by atoms with E-state index in [4.69, 9.17) is 16.3 Å². The highest BCUT2D eigenvalue weighted by atomic mass is 35.5. The first kappa shape index (κ1) is 13.6. The Balaban J connectivity index is 2.36. The largest absolute Gasteiger partial charge is 0.497 e. The molecule has 19 heavy (non-hydrogen) atoms. The summed E-state index contributed by atoms with van der Waals surface area (Å²) in [5.74, 6) is 0.676. The van der Waals surface area contributed by atoms with Crippen LogP contribution in [0.2, 0.25) is 5.15 Å². The van der Waals surface area contributed by atoms with Crippen molar-refractivity contribution in [3.63, 3.8) is 0 Å². The normalized spacial score (nSPS) is 10.2. The molecule has 0 unspecified atom stereocenters. The molecule has 0 aliphatic heterocycles. The van der Waals surface area contributed by atoms with Crippen molar-refractivity contribution < 1.29 is 9.66 Å². The Bertz CT molecular complexity index is 622. The van der Waals surface area contributed by atoms with Crippen LogP contribution in [0.4, 0.5) is 5.69 Å². The van der Waals surface area contributed by atoms with Gasteiger partial charge in [0.15, 0.2) is 5.03 Å². The van der Waals surface area contributed by atoms with Crippen molar-refractivity contribution >= 4 is 29.1 Å². The first-order valence-corrected chi connectivity index (χ1v) is 6.42. The molecular weight excluding hydrogens is 288 g/mol. The molecule has 0 bridgehead atoms. The Morgan fingerprint density at radius 1 is 1.37 bits per heavy atom. The first-order chi connectivity index (χ1) is 9.10. The summed E-state index contributed by atoms with van der Waals surface area (Å²) in [6.07, 6.45) is 0. The molecule has 0 saturated carbocycles. The van der Waals surface area contributed by atoms with Gasteiger partial charge in [0.1, 0.15) is 10.9 Å². The van der Waals surface area contributed by atoms with Crippen LogP contribution in [0.1, 0.15) is 0 Å². The number of halogens is 1. The monoisotopic (exact) mass is 296 g/mol. The van der Waals surface area contributed by atoms with E-state index in [2.05, 4.69) is 4.98 Å². The number of nitro groups is 1. The Morgan fingerprint density at radius 2 is 2.16 bits per heavy atom. The lowest BCUT2D eigenvalue weighted by atomic mass is 10.3. The summed E-state index contributed by atoms with van der Waals surface area (Å²) in [5.41, 5.74) is -0.0720. The summed E-state index contributed by atoms with van der Waals surface area (Å²) in [6, 6.07) is 9.94. The predicted octanol–water partition coefficient (Wildman–Crippen LogP) is 3.80. The van der Waals surface area contributed by atoms with E-state index >= 15 is 0 Å². The molecule has 0 aliphatic carbocycles. The summed E-state index contributed by atoms with van der Waals surface area (Å²) in [6.45, 7) is 0. The number of aromatic nitrogens is 1. The van der Waals surface area contributed by atoms with Crippen LogP contribution in [0.5, 0.6) is 5.75 Å². The van der Waals surface area contributed by atoms with E-state index in [-0.39, 0.29) is 15.9 Å². The zero-order chi connectivity index (χ0) is 13.8. The van der Waals surface area contributed by atoms with Crippen molar-refractivity contribution in [3.8, 4) is 5.75 Å². The highest BCUT2D eigenvalue weighted by molar-refractivity contribution is 7.99. The van der Waals surface area contributed by atoms with E-state index in [1.54, 1.807) is 25.3 Å². The van der Waals surface area contributed by atoms with Crippen molar-refractivity contribution in [1.29, 1.82) is 0 Å². The van der Waals surface area contributed by atoms with E-state index in [9.17, 15) is 10.1 Å². The molecule has 0 radical (unpaired) electrons. The molecule has 0 saturated heterocycles. The van der Waals surface area contributed by atoms with Gasteiger partial charge in [-0.25, -0.2) is 4.98 Å². The van der Waals surface area contributed by atoms with E-state index < -0.39 is 4.92 Å². The van der Waals surface area contributed by atoms with Crippen molar-refractivity contribution in [2.24, 2.45) is 0 Å². The molecule has 1 heterocycles. The quantitative estimate of drug-likeness (QED) is 0.488. The summed E-state index contributed by atoms with van der Waals surface area (Å²) >= 11 is 6.94. The molecule has 2 rings (SSSR count). The minimum absolute atomic E-state index is 0.0720. The van der Waals surface area contributed by atoms with E-state index in [1.165, 1.54) is 23.9 Å². The summed E-state index contributed by atoms with van der Waals surface area (Å²) in [7, 11) is 1.56. The van der Waals surface area contributed by atoms with Crippen LogP contribution in [0, 0.1) is 10.1 Å². The molecule has 5 nitrogen and oxygen atoms in total. The van der Waals surface area contributed by atoms with Gasteiger partial charge < -0.3 is 4.74 Å². The second-order valence-electron chi connectivity index (χ2n) is 3.50. The Labute approximate surface area is 118 Å². The maximum Gasteiger partial charge on any atom is 0.301 e. The fourth-order valence-corrected chi connectivity index (χ4v) is 2.53. The molecule has 0 spiro atoms. The Kier molecular flexibility index (Phi) is 4.24. The van der Waals surface area contributed by atoms with Crippen molar-refractivity contribution in [3.05, 3.63) is 51.7 Å². The topological polar surface area (TPSA) is 65.3 Å². The lowest BCUT2D eigenvalue weighted by Crippen LogP contribution is -1.93. The zero-order valence-electron chi connectivity index (χ0n) is 9.87. The average molecular weight is 297 g/mol. The zero-order valence-corrected chi connectivity index (χ0v) is 11.4. The molecule has 0 N–H and O–H groups in total. The van der Waals surface area contributed by atoms with Gasteiger partial charge in [0.05, 0.1) is 12.0 Å². The van der Waals surface area contributed by atoms with Crippen LogP contribution in [0.25, 0.3) is 0 Å². The van der Waals surface area contributed by atoms with Crippen LogP contribution < -0.4 is 4.74 Å².